The molecule has 1 N–H and O–H groups in total. The predicted molar refractivity (Wildman–Crippen MR) is 119 cm³/mol. The third kappa shape index (κ3) is 3.81. The predicted octanol–water partition coefficient (Wildman–Crippen LogP) is 4.93. The van der Waals surface area contributed by atoms with Crippen LogP contribution in [0.2, 0.25) is 0 Å². The van der Waals surface area contributed by atoms with E-state index in [2.05, 4.69) is 42.1 Å². The van der Waals surface area contributed by atoms with E-state index in [1.165, 1.54) is 5.56 Å². The summed E-state index contributed by atoms with van der Waals surface area (Å²) in [5, 5.41) is 7.26. The van der Waals surface area contributed by atoms with Gasteiger partial charge in [0.2, 0.25) is 0 Å². The Bertz CT molecular complexity index is 1250. The Morgan fingerprint density at radius 1 is 1.03 bits per heavy atom. The van der Waals surface area contributed by atoms with Crippen molar-refractivity contribution >= 4 is 17.4 Å². The van der Waals surface area contributed by atoms with Gasteiger partial charge < -0.3 is 5.32 Å². The van der Waals surface area contributed by atoms with Crippen molar-refractivity contribution in [2.75, 3.05) is 5.32 Å². The second-order valence-corrected chi connectivity index (χ2v) is 8.13. The summed E-state index contributed by atoms with van der Waals surface area (Å²) in [6, 6.07) is 18.9. The molecule has 0 spiro atoms. The number of amides is 1. The molecule has 0 fully saturated rings. The molecule has 0 saturated heterocycles. The number of fused-ring (bicyclic) bond motifs is 1. The number of aromatic nitrogens is 3. The van der Waals surface area contributed by atoms with Crippen molar-refractivity contribution in [1.29, 1.82) is 0 Å². The summed E-state index contributed by atoms with van der Waals surface area (Å²) in [6.07, 6.45) is 7.13. The van der Waals surface area contributed by atoms with Crippen LogP contribution in [0.4, 0.5) is 5.82 Å². The molecule has 1 amide bonds. The molecule has 0 bridgehead atoms. The third-order valence-electron chi connectivity index (χ3n) is 4.96. The van der Waals surface area contributed by atoms with Crippen molar-refractivity contribution in [2.24, 2.45) is 0 Å². The first kappa shape index (κ1) is 19.4. The highest BCUT2D eigenvalue weighted by atomic mass is 16.1. The Balaban J connectivity index is 1.66. The lowest BCUT2D eigenvalue weighted by atomic mass is 9.87. The number of anilines is 1. The number of carbonyl (C=O) groups is 1. The SMILES string of the molecule is C#Cc1ccc(-c2cc(NC(=O)c3ccc(C(C)(C)C)cc3)nc3ccnn23)cc1. The van der Waals surface area contributed by atoms with Gasteiger partial charge in [0.1, 0.15) is 5.82 Å². The van der Waals surface area contributed by atoms with Crippen LogP contribution in [0.3, 0.4) is 0 Å². The molecule has 0 aliphatic heterocycles. The van der Waals surface area contributed by atoms with Gasteiger partial charge in [-0.3, -0.25) is 4.79 Å². The first-order chi connectivity index (χ1) is 14.3. The average Bonchev–Trinajstić information content (AvgIpc) is 3.21. The maximum absolute atomic E-state index is 12.8. The van der Waals surface area contributed by atoms with Gasteiger partial charge >= 0.3 is 0 Å². The van der Waals surface area contributed by atoms with E-state index in [1.807, 2.05) is 54.6 Å². The normalized spacial score (nSPS) is 11.3. The monoisotopic (exact) mass is 394 g/mol. The lowest BCUT2D eigenvalue weighted by Gasteiger charge is -2.19. The van der Waals surface area contributed by atoms with Crippen LogP contribution in [0.5, 0.6) is 0 Å². The van der Waals surface area contributed by atoms with Gasteiger partial charge in [-0.05, 0) is 35.2 Å². The Labute approximate surface area is 175 Å². The van der Waals surface area contributed by atoms with E-state index in [-0.39, 0.29) is 11.3 Å². The van der Waals surface area contributed by atoms with Gasteiger partial charge in [0, 0.05) is 28.8 Å². The minimum absolute atomic E-state index is 0.0352. The van der Waals surface area contributed by atoms with Crippen molar-refractivity contribution < 1.29 is 4.79 Å². The fraction of sp³-hybridized carbons (Fsp3) is 0.160. The Morgan fingerprint density at radius 3 is 2.37 bits per heavy atom. The highest BCUT2D eigenvalue weighted by Gasteiger charge is 2.15. The Morgan fingerprint density at radius 2 is 1.73 bits per heavy atom. The third-order valence-corrected chi connectivity index (χ3v) is 4.96. The number of carbonyl (C=O) groups excluding carboxylic acids is 1. The summed E-state index contributed by atoms with van der Waals surface area (Å²) in [6.45, 7) is 6.43. The first-order valence-electron chi connectivity index (χ1n) is 9.69. The van der Waals surface area contributed by atoms with E-state index >= 15 is 0 Å². The molecule has 4 aromatic rings. The molecular weight excluding hydrogens is 372 g/mol. The summed E-state index contributed by atoms with van der Waals surface area (Å²) in [7, 11) is 0. The Kier molecular flexibility index (Phi) is 4.85. The number of hydrogen-bond acceptors (Lipinski definition) is 3. The molecule has 0 aliphatic carbocycles. The standard InChI is InChI=1S/C25H22N4O/c1-5-17-6-8-18(9-7-17)21-16-22(27-23-14-15-26-29(21)23)28-24(30)19-10-12-20(13-11-19)25(2,3)4/h1,6-16H,2-4H3,(H,27,28,30). The number of rotatable bonds is 3. The topological polar surface area (TPSA) is 59.3 Å². The van der Waals surface area contributed by atoms with Crippen molar-refractivity contribution in [3.8, 4) is 23.6 Å². The molecule has 0 atom stereocenters. The first-order valence-corrected chi connectivity index (χ1v) is 9.69. The summed E-state index contributed by atoms with van der Waals surface area (Å²) in [4.78, 5) is 17.3. The summed E-state index contributed by atoms with van der Waals surface area (Å²) in [5.74, 6) is 2.87. The van der Waals surface area contributed by atoms with Crippen LogP contribution in [0.15, 0.2) is 66.9 Å². The molecule has 0 radical (unpaired) electrons. The van der Waals surface area contributed by atoms with E-state index in [0.29, 0.717) is 17.0 Å². The quantitative estimate of drug-likeness (QED) is 0.501. The molecule has 0 aliphatic rings. The molecule has 2 aromatic carbocycles. The molecule has 0 saturated carbocycles. The zero-order valence-corrected chi connectivity index (χ0v) is 17.2. The van der Waals surface area contributed by atoms with Crippen molar-refractivity contribution in [3.63, 3.8) is 0 Å². The molecule has 5 nitrogen and oxygen atoms in total. The van der Waals surface area contributed by atoms with Crippen LogP contribution in [0, 0.1) is 12.3 Å². The van der Waals surface area contributed by atoms with Crippen molar-refractivity contribution in [2.45, 2.75) is 26.2 Å². The molecule has 2 aromatic heterocycles. The second kappa shape index (κ2) is 7.49. The van der Waals surface area contributed by atoms with Crippen LogP contribution in [0.1, 0.15) is 42.3 Å². The highest BCUT2D eigenvalue weighted by molar-refractivity contribution is 6.04. The smallest absolute Gasteiger partial charge is 0.256 e. The molecule has 30 heavy (non-hydrogen) atoms. The lowest BCUT2D eigenvalue weighted by molar-refractivity contribution is 0.102. The average molecular weight is 394 g/mol. The number of nitrogens with one attached hydrogen (secondary N) is 1. The maximum atomic E-state index is 12.8. The van der Waals surface area contributed by atoms with E-state index < -0.39 is 0 Å². The zero-order chi connectivity index (χ0) is 21.3. The van der Waals surface area contributed by atoms with Gasteiger partial charge in [0.25, 0.3) is 5.91 Å². The summed E-state index contributed by atoms with van der Waals surface area (Å²) in [5.41, 5.74) is 4.98. The largest absolute Gasteiger partial charge is 0.306 e. The molecule has 4 rings (SSSR count). The number of terminal acetylenes is 1. The fourth-order valence-electron chi connectivity index (χ4n) is 3.23. The summed E-state index contributed by atoms with van der Waals surface area (Å²) < 4.78 is 1.73. The number of nitrogens with zero attached hydrogens (tertiary/aromatic N) is 3. The van der Waals surface area contributed by atoms with E-state index in [0.717, 1.165) is 16.8 Å². The van der Waals surface area contributed by atoms with Gasteiger partial charge in [-0.25, -0.2) is 9.50 Å². The zero-order valence-electron chi connectivity index (χ0n) is 17.2. The van der Waals surface area contributed by atoms with Gasteiger partial charge in [-0.1, -0.05) is 51.0 Å². The molecule has 5 heteroatoms. The van der Waals surface area contributed by atoms with Crippen LogP contribution in [0.25, 0.3) is 16.9 Å². The lowest BCUT2D eigenvalue weighted by Crippen LogP contribution is -2.15. The van der Waals surface area contributed by atoms with E-state index in [9.17, 15) is 4.79 Å². The van der Waals surface area contributed by atoms with Crippen LogP contribution in [-0.2, 0) is 5.41 Å². The van der Waals surface area contributed by atoms with Crippen molar-refractivity contribution in [3.05, 3.63) is 83.6 Å². The summed E-state index contributed by atoms with van der Waals surface area (Å²) >= 11 is 0. The molecule has 148 valence electrons. The maximum Gasteiger partial charge on any atom is 0.256 e. The second-order valence-electron chi connectivity index (χ2n) is 8.13. The molecule has 2 heterocycles. The van der Waals surface area contributed by atoms with E-state index in [1.54, 1.807) is 16.8 Å². The Hall–Kier alpha value is -3.91. The molecule has 0 unspecified atom stereocenters. The van der Waals surface area contributed by atoms with Crippen LogP contribution >= 0.6 is 0 Å². The van der Waals surface area contributed by atoms with Crippen molar-refractivity contribution in [1.82, 2.24) is 14.6 Å². The van der Waals surface area contributed by atoms with Gasteiger partial charge in [0.05, 0.1) is 11.9 Å². The number of benzene rings is 2. The fourth-order valence-corrected chi connectivity index (χ4v) is 3.23. The molecular formula is C25H22N4O. The van der Waals surface area contributed by atoms with Gasteiger partial charge in [-0.2, -0.15) is 5.10 Å². The minimum atomic E-state index is -0.208. The van der Waals surface area contributed by atoms with Crippen LogP contribution < -0.4 is 5.32 Å². The minimum Gasteiger partial charge on any atom is -0.306 e. The van der Waals surface area contributed by atoms with Gasteiger partial charge in [0.15, 0.2) is 5.65 Å². The van der Waals surface area contributed by atoms with E-state index in [4.69, 9.17) is 6.42 Å². The highest BCUT2D eigenvalue weighted by Crippen LogP contribution is 2.25. The van der Waals surface area contributed by atoms with Crippen LogP contribution in [-0.4, -0.2) is 20.5 Å². The number of hydrogen-bond donors (Lipinski definition) is 1. The van der Waals surface area contributed by atoms with Gasteiger partial charge in [-0.15, -0.1) is 6.42 Å².